The summed E-state index contributed by atoms with van der Waals surface area (Å²) in [5.41, 5.74) is 4.91. The zero-order chi connectivity index (χ0) is 18.8. The molecule has 0 aliphatic heterocycles. The largest absolute Gasteiger partial charge is 0.466 e. The van der Waals surface area contributed by atoms with Crippen molar-refractivity contribution in [1.82, 2.24) is 9.55 Å². The van der Waals surface area contributed by atoms with E-state index in [1.165, 1.54) is 0 Å². The molecule has 0 aliphatic carbocycles. The average molecular weight is 371 g/mol. The summed E-state index contributed by atoms with van der Waals surface area (Å²) in [4.78, 5) is 16.7. The van der Waals surface area contributed by atoms with Crippen molar-refractivity contribution in [2.75, 3.05) is 6.61 Å². The van der Waals surface area contributed by atoms with Crippen molar-refractivity contribution in [2.24, 2.45) is 0 Å². The van der Waals surface area contributed by atoms with E-state index in [0.29, 0.717) is 6.61 Å². The number of hydrogen-bond acceptors (Lipinski definition) is 3. The Hall–Kier alpha value is -2.33. The molecule has 0 amide bonds. The van der Waals surface area contributed by atoms with Crippen LogP contribution in [0.2, 0.25) is 5.02 Å². The van der Waals surface area contributed by atoms with Gasteiger partial charge in [-0.1, -0.05) is 30.7 Å². The number of benzene rings is 2. The summed E-state index contributed by atoms with van der Waals surface area (Å²) in [5, 5.41) is 0.725. The number of carbonyl (C=O) groups is 1. The van der Waals surface area contributed by atoms with Gasteiger partial charge >= 0.3 is 5.97 Å². The molecule has 4 nitrogen and oxygen atoms in total. The van der Waals surface area contributed by atoms with Crippen LogP contribution in [0.5, 0.6) is 0 Å². The SMILES string of the molecule is CCOC(=O)C(C)c1ccc(-n2c(CC)nc3cc(Cl)c(C)cc32)cc1. The highest BCUT2D eigenvalue weighted by Gasteiger charge is 2.17. The minimum Gasteiger partial charge on any atom is -0.466 e. The first-order valence-electron chi connectivity index (χ1n) is 8.90. The fourth-order valence-corrected chi connectivity index (χ4v) is 3.25. The molecule has 1 aromatic heterocycles. The van der Waals surface area contributed by atoms with Crippen LogP contribution in [0.15, 0.2) is 36.4 Å². The fourth-order valence-electron chi connectivity index (χ4n) is 3.09. The first-order valence-corrected chi connectivity index (χ1v) is 9.28. The van der Waals surface area contributed by atoms with E-state index in [0.717, 1.165) is 45.1 Å². The first-order chi connectivity index (χ1) is 12.5. The smallest absolute Gasteiger partial charge is 0.313 e. The topological polar surface area (TPSA) is 44.1 Å². The van der Waals surface area contributed by atoms with Crippen LogP contribution >= 0.6 is 11.6 Å². The van der Waals surface area contributed by atoms with Crippen LogP contribution in [-0.4, -0.2) is 22.1 Å². The lowest BCUT2D eigenvalue weighted by Gasteiger charge is -2.13. The van der Waals surface area contributed by atoms with E-state index < -0.39 is 0 Å². The maximum absolute atomic E-state index is 12.0. The van der Waals surface area contributed by atoms with Gasteiger partial charge in [-0.3, -0.25) is 9.36 Å². The standard InChI is InChI=1S/C21H23ClN2O2/c1-5-20-23-18-12-17(22)13(3)11-19(18)24(20)16-9-7-15(8-10-16)14(4)21(25)26-6-2/h7-12,14H,5-6H2,1-4H3. The number of carbonyl (C=O) groups excluding carboxylic acids is 1. The van der Waals surface area contributed by atoms with Crippen molar-refractivity contribution in [2.45, 2.75) is 40.0 Å². The second kappa shape index (κ2) is 7.50. The summed E-state index contributed by atoms with van der Waals surface area (Å²) in [5.74, 6) is 0.496. The van der Waals surface area contributed by atoms with Gasteiger partial charge in [-0.15, -0.1) is 0 Å². The lowest BCUT2D eigenvalue weighted by Crippen LogP contribution is -2.13. The molecule has 5 heteroatoms. The Labute approximate surface area is 158 Å². The van der Waals surface area contributed by atoms with Crippen molar-refractivity contribution in [1.29, 1.82) is 0 Å². The van der Waals surface area contributed by atoms with Crippen LogP contribution in [0.4, 0.5) is 0 Å². The number of halogens is 1. The number of aromatic nitrogens is 2. The minimum atomic E-state index is -0.282. The van der Waals surface area contributed by atoms with E-state index in [-0.39, 0.29) is 11.9 Å². The molecule has 136 valence electrons. The third-order valence-electron chi connectivity index (χ3n) is 4.61. The Morgan fingerprint density at radius 3 is 2.54 bits per heavy atom. The lowest BCUT2D eigenvalue weighted by molar-refractivity contribution is -0.144. The van der Waals surface area contributed by atoms with Gasteiger partial charge in [0.05, 0.1) is 23.6 Å². The zero-order valence-corrected chi connectivity index (χ0v) is 16.3. The molecule has 1 unspecified atom stereocenters. The second-order valence-electron chi connectivity index (χ2n) is 6.37. The Morgan fingerprint density at radius 2 is 1.92 bits per heavy atom. The molecule has 0 spiro atoms. The number of ether oxygens (including phenoxy) is 1. The van der Waals surface area contributed by atoms with Crippen LogP contribution in [0.3, 0.4) is 0 Å². The van der Waals surface area contributed by atoms with Crippen molar-refractivity contribution in [3.8, 4) is 5.69 Å². The summed E-state index contributed by atoms with van der Waals surface area (Å²) in [6, 6.07) is 12.0. The van der Waals surface area contributed by atoms with E-state index in [9.17, 15) is 4.79 Å². The van der Waals surface area contributed by atoms with Gasteiger partial charge in [0, 0.05) is 17.1 Å². The van der Waals surface area contributed by atoms with Crippen LogP contribution in [0.1, 0.15) is 43.6 Å². The van der Waals surface area contributed by atoms with Gasteiger partial charge in [0.25, 0.3) is 0 Å². The Kier molecular flexibility index (Phi) is 5.33. The molecular weight excluding hydrogens is 348 g/mol. The summed E-state index contributed by atoms with van der Waals surface area (Å²) in [7, 11) is 0. The quantitative estimate of drug-likeness (QED) is 0.578. The molecule has 0 N–H and O–H groups in total. The van der Waals surface area contributed by atoms with E-state index in [1.807, 2.05) is 51.1 Å². The van der Waals surface area contributed by atoms with Crippen LogP contribution in [-0.2, 0) is 16.0 Å². The summed E-state index contributed by atoms with van der Waals surface area (Å²) < 4.78 is 7.26. The van der Waals surface area contributed by atoms with Crippen LogP contribution in [0, 0.1) is 6.92 Å². The van der Waals surface area contributed by atoms with Crippen LogP contribution in [0.25, 0.3) is 16.7 Å². The number of fused-ring (bicyclic) bond motifs is 1. The number of imidazole rings is 1. The highest BCUT2D eigenvalue weighted by atomic mass is 35.5. The highest BCUT2D eigenvalue weighted by Crippen LogP contribution is 2.28. The second-order valence-corrected chi connectivity index (χ2v) is 6.78. The van der Waals surface area contributed by atoms with E-state index in [2.05, 4.69) is 17.6 Å². The number of esters is 1. The van der Waals surface area contributed by atoms with Gasteiger partial charge in [-0.25, -0.2) is 4.98 Å². The average Bonchev–Trinajstić information content (AvgIpc) is 2.99. The van der Waals surface area contributed by atoms with E-state index in [4.69, 9.17) is 21.3 Å². The fraction of sp³-hybridized carbons (Fsp3) is 0.333. The van der Waals surface area contributed by atoms with E-state index in [1.54, 1.807) is 0 Å². The molecule has 0 fully saturated rings. The molecular formula is C21H23ClN2O2. The Morgan fingerprint density at radius 1 is 1.23 bits per heavy atom. The molecule has 3 aromatic rings. The first kappa shape index (κ1) is 18.5. The molecule has 0 saturated heterocycles. The van der Waals surface area contributed by atoms with Gasteiger partial charge in [0.2, 0.25) is 0 Å². The van der Waals surface area contributed by atoms with Crippen molar-refractivity contribution in [3.05, 3.63) is 58.4 Å². The molecule has 26 heavy (non-hydrogen) atoms. The summed E-state index contributed by atoms with van der Waals surface area (Å²) >= 11 is 6.26. The molecule has 0 aliphatic rings. The molecule has 2 aromatic carbocycles. The van der Waals surface area contributed by atoms with Gasteiger partial charge in [0.1, 0.15) is 5.82 Å². The number of aryl methyl sites for hydroxylation is 2. The van der Waals surface area contributed by atoms with Gasteiger partial charge < -0.3 is 4.74 Å². The van der Waals surface area contributed by atoms with E-state index >= 15 is 0 Å². The number of rotatable bonds is 5. The summed E-state index contributed by atoms with van der Waals surface area (Å²) in [6.45, 7) is 8.16. The Bertz CT molecular complexity index is 945. The minimum absolute atomic E-state index is 0.201. The number of hydrogen-bond donors (Lipinski definition) is 0. The zero-order valence-electron chi connectivity index (χ0n) is 15.5. The van der Waals surface area contributed by atoms with Gasteiger partial charge in [-0.2, -0.15) is 0 Å². The third-order valence-corrected chi connectivity index (χ3v) is 5.02. The number of nitrogens with zero attached hydrogens (tertiary/aromatic N) is 2. The van der Waals surface area contributed by atoms with Crippen molar-refractivity contribution in [3.63, 3.8) is 0 Å². The molecule has 1 heterocycles. The maximum Gasteiger partial charge on any atom is 0.313 e. The predicted molar refractivity (Wildman–Crippen MR) is 105 cm³/mol. The van der Waals surface area contributed by atoms with Gasteiger partial charge in [-0.05, 0) is 56.2 Å². The predicted octanol–water partition coefficient (Wildman–Crippen LogP) is 5.22. The normalized spacial score (nSPS) is 12.3. The maximum atomic E-state index is 12.0. The third kappa shape index (κ3) is 3.34. The molecule has 0 bridgehead atoms. The van der Waals surface area contributed by atoms with Crippen LogP contribution < -0.4 is 0 Å². The lowest BCUT2D eigenvalue weighted by atomic mass is 10.0. The van der Waals surface area contributed by atoms with Crippen molar-refractivity contribution >= 4 is 28.6 Å². The molecule has 3 rings (SSSR count). The highest BCUT2D eigenvalue weighted by molar-refractivity contribution is 6.32. The summed E-state index contributed by atoms with van der Waals surface area (Å²) in [6.07, 6.45) is 0.812. The van der Waals surface area contributed by atoms with Crippen molar-refractivity contribution < 1.29 is 9.53 Å². The van der Waals surface area contributed by atoms with Gasteiger partial charge in [0.15, 0.2) is 0 Å². The monoisotopic (exact) mass is 370 g/mol. The molecule has 1 atom stereocenters. The molecule has 0 radical (unpaired) electrons. The molecule has 0 saturated carbocycles. The Balaban J connectivity index is 2.04.